The van der Waals surface area contributed by atoms with E-state index in [-0.39, 0.29) is 0 Å². The number of ether oxygens (including phenoxy) is 2. The van der Waals surface area contributed by atoms with Crippen molar-refractivity contribution in [1.82, 2.24) is 0 Å². The molecule has 3 nitrogen and oxygen atoms in total. The molecule has 0 radical (unpaired) electrons. The zero-order valence-electron chi connectivity index (χ0n) is 10.9. The van der Waals surface area contributed by atoms with Crippen LogP contribution in [0.15, 0.2) is 53.5 Å². The minimum Gasteiger partial charge on any atom is -0.493 e. The van der Waals surface area contributed by atoms with Crippen LogP contribution in [0.25, 0.3) is 5.76 Å². The highest BCUT2D eigenvalue weighted by molar-refractivity contribution is 9.11. The van der Waals surface area contributed by atoms with Crippen LogP contribution in [0.2, 0.25) is 0 Å². The predicted octanol–water partition coefficient (Wildman–Crippen LogP) is 4.28. The summed E-state index contributed by atoms with van der Waals surface area (Å²) in [5, 5.41) is 0. The molecule has 0 N–H and O–H groups in total. The summed E-state index contributed by atoms with van der Waals surface area (Å²) < 4.78 is 11.1. The van der Waals surface area contributed by atoms with Crippen LogP contribution in [0.3, 0.4) is 0 Å². The van der Waals surface area contributed by atoms with Gasteiger partial charge in [0.2, 0.25) is 0 Å². The molecule has 0 amide bonds. The van der Waals surface area contributed by atoms with Gasteiger partial charge in [0, 0.05) is 10.5 Å². The van der Waals surface area contributed by atoms with Crippen LogP contribution in [0.5, 0.6) is 11.5 Å². The third-order valence-corrected chi connectivity index (χ3v) is 3.14. The summed E-state index contributed by atoms with van der Waals surface area (Å²) in [5.41, 5.74) is 1.33. The van der Waals surface area contributed by atoms with Gasteiger partial charge in [-0.3, -0.25) is 4.79 Å². The van der Waals surface area contributed by atoms with Crippen LogP contribution in [0.4, 0.5) is 0 Å². The van der Waals surface area contributed by atoms with Gasteiger partial charge in [0.05, 0.1) is 12.7 Å². The maximum atomic E-state index is 11.1. The summed E-state index contributed by atoms with van der Waals surface area (Å²) in [6, 6.07) is 14.8. The molecule has 20 heavy (non-hydrogen) atoms. The van der Waals surface area contributed by atoms with Crippen molar-refractivity contribution in [3.63, 3.8) is 0 Å². The lowest BCUT2D eigenvalue weighted by molar-refractivity contribution is 0.112. The summed E-state index contributed by atoms with van der Waals surface area (Å²) >= 11 is 3.29. The van der Waals surface area contributed by atoms with Gasteiger partial charge >= 0.3 is 0 Å². The van der Waals surface area contributed by atoms with Crippen molar-refractivity contribution < 1.29 is 14.3 Å². The van der Waals surface area contributed by atoms with Crippen LogP contribution in [0, 0.1) is 0 Å². The van der Waals surface area contributed by atoms with E-state index in [0.717, 1.165) is 11.8 Å². The maximum absolute atomic E-state index is 11.1. The first-order valence-electron chi connectivity index (χ1n) is 5.96. The molecule has 0 spiro atoms. The van der Waals surface area contributed by atoms with Crippen molar-refractivity contribution in [1.29, 1.82) is 0 Å². The van der Waals surface area contributed by atoms with Gasteiger partial charge in [-0.05, 0) is 12.1 Å². The van der Waals surface area contributed by atoms with E-state index >= 15 is 0 Å². The van der Waals surface area contributed by atoms with Crippen LogP contribution in [0.1, 0.15) is 15.9 Å². The van der Waals surface area contributed by atoms with E-state index in [1.165, 1.54) is 7.11 Å². The van der Waals surface area contributed by atoms with Crippen molar-refractivity contribution in [2.75, 3.05) is 7.11 Å². The second kappa shape index (κ2) is 6.91. The molecule has 0 bridgehead atoms. The monoisotopic (exact) mass is 332 g/mol. The van der Waals surface area contributed by atoms with Crippen LogP contribution < -0.4 is 9.47 Å². The molecule has 0 saturated heterocycles. The molecule has 102 valence electrons. The molecular weight excluding hydrogens is 320 g/mol. The van der Waals surface area contributed by atoms with Crippen LogP contribution >= 0.6 is 15.9 Å². The third kappa shape index (κ3) is 3.08. The largest absolute Gasteiger partial charge is 0.493 e. The number of benzene rings is 2. The van der Waals surface area contributed by atoms with E-state index in [0.29, 0.717) is 22.8 Å². The molecule has 0 aliphatic carbocycles. The quantitative estimate of drug-likeness (QED) is 0.605. The molecule has 0 atom stereocenters. The van der Waals surface area contributed by atoms with Gasteiger partial charge < -0.3 is 9.47 Å². The summed E-state index contributed by atoms with van der Waals surface area (Å²) in [5.74, 6) is 1.51. The Kier molecular flexibility index (Phi) is 4.96. The second-order valence-electron chi connectivity index (χ2n) is 3.94. The number of hydrogen-bond acceptors (Lipinski definition) is 3. The molecule has 2 rings (SSSR count). The Morgan fingerprint density at radius 3 is 2.45 bits per heavy atom. The first kappa shape index (κ1) is 14.3. The van der Waals surface area contributed by atoms with Gasteiger partial charge in [-0.2, -0.15) is 0 Å². The molecule has 0 saturated carbocycles. The van der Waals surface area contributed by atoms with Crippen molar-refractivity contribution in [2.45, 2.75) is 0 Å². The molecule has 0 unspecified atom stereocenters. The van der Waals surface area contributed by atoms with Gasteiger partial charge in [0.15, 0.2) is 17.8 Å². The highest BCUT2D eigenvalue weighted by Gasteiger charge is 2.13. The average molecular weight is 333 g/mol. The Morgan fingerprint density at radius 2 is 1.85 bits per heavy atom. The fourth-order valence-electron chi connectivity index (χ4n) is 1.75. The van der Waals surface area contributed by atoms with Crippen molar-refractivity contribution in [2.24, 2.45) is 0 Å². The first-order chi connectivity index (χ1) is 9.80. The van der Waals surface area contributed by atoms with E-state index in [9.17, 15) is 4.79 Å². The Balaban J connectivity index is 2.40. The molecule has 4 heteroatoms. The van der Waals surface area contributed by atoms with E-state index in [2.05, 4.69) is 15.9 Å². The van der Waals surface area contributed by atoms with Gasteiger partial charge in [-0.15, -0.1) is 0 Å². The Hall–Kier alpha value is -2.07. The van der Waals surface area contributed by atoms with Crippen LogP contribution in [-0.4, -0.2) is 13.4 Å². The summed E-state index contributed by atoms with van der Waals surface area (Å²) in [6.07, 6.45) is 0.745. The minimum atomic E-state index is 0.402. The van der Waals surface area contributed by atoms with Crippen molar-refractivity contribution >= 4 is 28.0 Å². The standard InChI is InChI=1S/C16H13BrO3/c1-19-14-9-5-8-13(11-18)16(14)20-15(10-17)12-6-3-2-4-7-12/h2-11H,1H3/b15-10-. The number of aldehydes is 1. The van der Waals surface area contributed by atoms with E-state index in [1.54, 1.807) is 23.2 Å². The Labute approximate surface area is 126 Å². The SMILES string of the molecule is COc1cccc(C=O)c1O/C(=C\Br)c1ccccc1. The Morgan fingerprint density at radius 1 is 1.10 bits per heavy atom. The number of para-hydroxylation sites is 1. The number of rotatable bonds is 5. The van der Waals surface area contributed by atoms with Gasteiger partial charge in [0.25, 0.3) is 0 Å². The molecular formula is C16H13BrO3. The average Bonchev–Trinajstić information content (AvgIpc) is 2.53. The molecule has 0 aliphatic heterocycles. The van der Waals surface area contributed by atoms with Crippen molar-refractivity contribution in [3.05, 3.63) is 64.6 Å². The molecule has 2 aromatic carbocycles. The number of halogens is 1. The number of hydrogen-bond donors (Lipinski definition) is 0. The molecule has 0 aliphatic rings. The van der Waals surface area contributed by atoms with Gasteiger partial charge in [0.1, 0.15) is 5.76 Å². The fraction of sp³-hybridized carbons (Fsp3) is 0.0625. The van der Waals surface area contributed by atoms with Crippen LogP contribution in [-0.2, 0) is 0 Å². The van der Waals surface area contributed by atoms with Crippen molar-refractivity contribution in [3.8, 4) is 11.5 Å². The molecule has 2 aromatic rings. The third-order valence-electron chi connectivity index (χ3n) is 2.73. The highest BCUT2D eigenvalue weighted by Crippen LogP contribution is 2.33. The number of carbonyl (C=O) groups is 1. The van der Waals surface area contributed by atoms with Gasteiger partial charge in [-0.25, -0.2) is 0 Å². The highest BCUT2D eigenvalue weighted by atomic mass is 79.9. The first-order valence-corrected chi connectivity index (χ1v) is 6.87. The Bertz CT molecular complexity index is 621. The maximum Gasteiger partial charge on any atom is 0.179 e. The summed E-state index contributed by atoms with van der Waals surface area (Å²) in [6.45, 7) is 0. The lowest BCUT2D eigenvalue weighted by Crippen LogP contribution is -1.99. The van der Waals surface area contributed by atoms with E-state index in [1.807, 2.05) is 30.3 Å². The topological polar surface area (TPSA) is 35.5 Å². The zero-order valence-corrected chi connectivity index (χ0v) is 12.5. The normalized spacial score (nSPS) is 11.0. The number of methoxy groups -OCH3 is 1. The summed E-state index contributed by atoms with van der Waals surface area (Å²) in [4.78, 5) is 12.8. The number of carbonyl (C=O) groups excluding carboxylic acids is 1. The zero-order chi connectivity index (χ0) is 14.4. The van der Waals surface area contributed by atoms with E-state index < -0.39 is 0 Å². The molecule has 0 aromatic heterocycles. The van der Waals surface area contributed by atoms with E-state index in [4.69, 9.17) is 9.47 Å². The smallest absolute Gasteiger partial charge is 0.179 e. The molecule has 0 heterocycles. The summed E-state index contributed by atoms with van der Waals surface area (Å²) in [7, 11) is 1.54. The minimum absolute atomic E-state index is 0.402. The second-order valence-corrected chi connectivity index (χ2v) is 4.40. The molecule has 0 fully saturated rings. The lowest BCUT2D eigenvalue weighted by Gasteiger charge is -2.14. The predicted molar refractivity (Wildman–Crippen MR) is 82.4 cm³/mol. The van der Waals surface area contributed by atoms with Gasteiger partial charge in [-0.1, -0.05) is 52.3 Å². The lowest BCUT2D eigenvalue weighted by atomic mass is 10.2. The fourth-order valence-corrected chi connectivity index (χ4v) is 2.11.